The number of hydrogen-bond donors (Lipinski definition) is 1. The van der Waals surface area contributed by atoms with Gasteiger partial charge in [0.25, 0.3) is 0 Å². The number of nitrogens with one attached hydrogen (secondary N) is 1. The number of nitrogens with zero attached hydrogens (tertiary/aromatic N) is 2. The number of halogens is 2. The minimum atomic E-state index is -0.330. The number of carbonyl (C=O) groups excluding carboxylic acids is 1. The van der Waals surface area contributed by atoms with Crippen LogP contribution in [-0.2, 0) is 4.79 Å². The van der Waals surface area contributed by atoms with Gasteiger partial charge in [0.05, 0.1) is 6.20 Å². The molecule has 0 spiro atoms. The third-order valence-corrected chi connectivity index (χ3v) is 3.89. The van der Waals surface area contributed by atoms with Crippen molar-refractivity contribution in [2.45, 2.75) is 5.92 Å². The van der Waals surface area contributed by atoms with Crippen LogP contribution in [0.3, 0.4) is 0 Å². The van der Waals surface area contributed by atoms with E-state index >= 15 is 0 Å². The van der Waals surface area contributed by atoms with E-state index in [0.29, 0.717) is 21.6 Å². The highest BCUT2D eigenvalue weighted by atomic mass is 79.9. The molecule has 1 aromatic carbocycles. The van der Waals surface area contributed by atoms with Gasteiger partial charge in [0.15, 0.2) is 5.82 Å². The molecule has 3 rings (SSSR count). The number of rotatable bonds is 2. The molecule has 5 nitrogen and oxygen atoms in total. The van der Waals surface area contributed by atoms with Crippen molar-refractivity contribution in [3.05, 3.63) is 45.2 Å². The normalized spacial score (nSPS) is 16.4. The number of carbonyl (C=O) groups is 1. The molecule has 20 heavy (non-hydrogen) atoms. The molecule has 0 fully saturated rings. The molecule has 1 amide bonds. The lowest BCUT2D eigenvalue weighted by Crippen LogP contribution is -2.23. The lowest BCUT2D eigenvalue weighted by Gasteiger charge is -2.10. The lowest BCUT2D eigenvalue weighted by molar-refractivity contribution is -0.117. The fourth-order valence-corrected chi connectivity index (χ4v) is 2.92. The van der Waals surface area contributed by atoms with Crippen LogP contribution in [0.1, 0.15) is 11.5 Å². The van der Waals surface area contributed by atoms with Gasteiger partial charge in [0.2, 0.25) is 5.91 Å². The minimum absolute atomic E-state index is 0.160. The van der Waals surface area contributed by atoms with E-state index in [0.717, 1.165) is 11.3 Å². The van der Waals surface area contributed by atoms with Gasteiger partial charge in [-0.1, -0.05) is 18.2 Å². The van der Waals surface area contributed by atoms with Crippen molar-refractivity contribution in [1.82, 2.24) is 9.97 Å². The molecule has 2 heterocycles. The van der Waals surface area contributed by atoms with Crippen molar-refractivity contribution in [2.24, 2.45) is 0 Å². The second kappa shape index (κ2) is 5.49. The standard InChI is InChI=1S/C13H9Br2N3O2/c14-10-5-16-12(11(15)17-10)18-13(19)8-6-20-9-4-2-1-3-7(8)9/h1-5,8H,6H2,(H,16,18,19). The zero-order chi connectivity index (χ0) is 14.1. The summed E-state index contributed by atoms with van der Waals surface area (Å²) in [6.07, 6.45) is 1.53. The van der Waals surface area contributed by atoms with E-state index in [1.54, 1.807) is 0 Å². The highest BCUT2D eigenvalue weighted by Crippen LogP contribution is 2.34. The Bertz CT molecular complexity index is 678. The Labute approximate surface area is 132 Å². The summed E-state index contributed by atoms with van der Waals surface area (Å²) in [6.45, 7) is 0.340. The van der Waals surface area contributed by atoms with Crippen LogP contribution in [0.15, 0.2) is 39.7 Å². The minimum Gasteiger partial charge on any atom is -0.492 e. The Morgan fingerprint density at radius 3 is 2.95 bits per heavy atom. The first-order chi connectivity index (χ1) is 9.65. The molecule has 1 N–H and O–H groups in total. The molecule has 102 valence electrons. The molecule has 0 bridgehead atoms. The fourth-order valence-electron chi connectivity index (χ4n) is 2.01. The van der Waals surface area contributed by atoms with Gasteiger partial charge in [-0.3, -0.25) is 4.79 Å². The maximum absolute atomic E-state index is 12.3. The van der Waals surface area contributed by atoms with Crippen LogP contribution in [0.5, 0.6) is 5.75 Å². The van der Waals surface area contributed by atoms with E-state index in [9.17, 15) is 4.79 Å². The molecule has 0 saturated heterocycles. The number of anilines is 1. The number of fused-ring (bicyclic) bond motifs is 1. The molecule has 1 aliphatic heterocycles. The predicted octanol–water partition coefficient (Wildman–Crippen LogP) is 3.12. The maximum Gasteiger partial charge on any atom is 0.236 e. The van der Waals surface area contributed by atoms with Gasteiger partial charge in [-0.05, 0) is 37.9 Å². The van der Waals surface area contributed by atoms with Crippen molar-refractivity contribution in [2.75, 3.05) is 11.9 Å². The Kier molecular flexibility index (Phi) is 3.71. The molecule has 1 aliphatic rings. The zero-order valence-electron chi connectivity index (χ0n) is 10.1. The van der Waals surface area contributed by atoms with E-state index < -0.39 is 0 Å². The molecule has 7 heteroatoms. The summed E-state index contributed by atoms with van der Waals surface area (Å²) in [4.78, 5) is 20.6. The predicted molar refractivity (Wildman–Crippen MR) is 80.7 cm³/mol. The van der Waals surface area contributed by atoms with Crippen LogP contribution in [0.25, 0.3) is 0 Å². The summed E-state index contributed by atoms with van der Waals surface area (Å²) in [7, 11) is 0. The molecule has 1 aromatic heterocycles. The third kappa shape index (κ3) is 2.55. The van der Waals surface area contributed by atoms with Gasteiger partial charge in [-0.25, -0.2) is 9.97 Å². The number of hydrogen-bond acceptors (Lipinski definition) is 4. The Balaban J connectivity index is 1.81. The van der Waals surface area contributed by atoms with Gasteiger partial charge < -0.3 is 10.1 Å². The van der Waals surface area contributed by atoms with Crippen LogP contribution < -0.4 is 10.1 Å². The van der Waals surface area contributed by atoms with Crippen molar-refractivity contribution < 1.29 is 9.53 Å². The van der Waals surface area contributed by atoms with Gasteiger partial charge in [-0.2, -0.15) is 0 Å². The lowest BCUT2D eigenvalue weighted by atomic mass is 10.0. The number of amides is 1. The summed E-state index contributed by atoms with van der Waals surface area (Å²) in [6, 6.07) is 7.53. The molecule has 1 unspecified atom stereocenters. The quantitative estimate of drug-likeness (QED) is 0.844. The van der Waals surface area contributed by atoms with E-state index in [1.165, 1.54) is 6.20 Å². The van der Waals surface area contributed by atoms with Crippen molar-refractivity contribution in [1.29, 1.82) is 0 Å². The van der Waals surface area contributed by atoms with E-state index in [2.05, 4.69) is 47.1 Å². The van der Waals surface area contributed by atoms with Gasteiger partial charge in [-0.15, -0.1) is 0 Å². The van der Waals surface area contributed by atoms with E-state index in [-0.39, 0.29) is 11.8 Å². The first kappa shape index (κ1) is 13.5. The summed E-state index contributed by atoms with van der Waals surface area (Å²) in [5, 5.41) is 2.76. The Morgan fingerprint density at radius 1 is 1.35 bits per heavy atom. The summed E-state index contributed by atoms with van der Waals surface area (Å²) in [5.41, 5.74) is 0.895. The first-order valence-corrected chi connectivity index (χ1v) is 7.44. The molecular formula is C13H9Br2N3O2. The van der Waals surface area contributed by atoms with E-state index in [4.69, 9.17) is 4.74 Å². The summed E-state index contributed by atoms with van der Waals surface area (Å²) < 4.78 is 6.58. The average Bonchev–Trinajstić information content (AvgIpc) is 2.86. The molecule has 1 atom stereocenters. The van der Waals surface area contributed by atoms with Crippen LogP contribution in [0.4, 0.5) is 5.82 Å². The van der Waals surface area contributed by atoms with Crippen molar-refractivity contribution in [3.63, 3.8) is 0 Å². The Hall–Kier alpha value is -1.47. The highest BCUT2D eigenvalue weighted by Gasteiger charge is 2.30. The molecular weight excluding hydrogens is 390 g/mol. The van der Waals surface area contributed by atoms with Gasteiger partial charge >= 0.3 is 0 Å². The third-order valence-electron chi connectivity index (χ3n) is 2.96. The van der Waals surface area contributed by atoms with Gasteiger partial charge in [0.1, 0.15) is 27.5 Å². The second-order valence-corrected chi connectivity index (χ2v) is 5.79. The molecule has 0 saturated carbocycles. The average molecular weight is 399 g/mol. The zero-order valence-corrected chi connectivity index (χ0v) is 13.3. The largest absolute Gasteiger partial charge is 0.492 e. The first-order valence-electron chi connectivity index (χ1n) is 5.86. The second-order valence-electron chi connectivity index (χ2n) is 4.22. The SMILES string of the molecule is O=C(Nc1ncc(Br)nc1Br)C1COc2ccccc21. The monoisotopic (exact) mass is 397 g/mol. The molecule has 0 aliphatic carbocycles. The van der Waals surface area contributed by atoms with Gasteiger partial charge in [0, 0.05) is 5.56 Å². The van der Waals surface area contributed by atoms with Crippen LogP contribution in [-0.4, -0.2) is 22.5 Å². The maximum atomic E-state index is 12.3. The summed E-state index contributed by atoms with van der Waals surface area (Å²) >= 11 is 6.48. The van der Waals surface area contributed by atoms with Crippen molar-refractivity contribution >= 4 is 43.6 Å². The summed E-state index contributed by atoms with van der Waals surface area (Å²) in [5.74, 6) is 0.659. The number of benzene rings is 1. The smallest absolute Gasteiger partial charge is 0.236 e. The Morgan fingerprint density at radius 2 is 2.15 bits per heavy atom. The number of aromatic nitrogens is 2. The molecule has 2 aromatic rings. The topological polar surface area (TPSA) is 64.1 Å². The molecule has 0 radical (unpaired) electrons. The number of ether oxygens (including phenoxy) is 1. The fraction of sp³-hybridized carbons (Fsp3) is 0.154. The van der Waals surface area contributed by atoms with Crippen LogP contribution in [0, 0.1) is 0 Å². The van der Waals surface area contributed by atoms with Crippen molar-refractivity contribution in [3.8, 4) is 5.75 Å². The van der Waals surface area contributed by atoms with Crippen LogP contribution in [0.2, 0.25) is 0 Å². The highest BCUT2D eigenvalue weighted by molar-refractivity contribution is 9.11. The van der Waals surface area contributed by atoms with Crippen LogP contribution >= 0.6 is 31.9 Å². The number of para-hydroxylation sites is 1. The van der Waals surface area contributed by atoms with E-state index in [1.807, 2.05) is 24.3 Å².